The molecule has 1 saturated heterocycles. The van der Waals surface area contributed by atoms with E-state index in [1.807, 2.05) is 7.05 Å². The van der Waals surface area contributed by atoms with E-state index in [9.17, 15) is 13.2 Å². The Morgan fingerprint density at radius 1 is 1.47 bits per heavy atom. The van der Waals surface area contributed by atoms with Crippen molar-refractivity contribution in [1.29, 1.82) is 0 Å². The molecule has 0 saturated carbocycles. The summed E-state index contributed by atoms with van der Waals surface area (Å²) in [5.41, 5.74) is 5.30. The van der Waals surface area contributed by atoms with Crippen molar-refractivity contribution in [1.82, 2.24) is 9.88 Å². The lowest BCUT2D eigenvalue weighted by atomic mass is 10.1. The van der Waals surface area contributed by atoms with Gasteiger partial charge in [0.25, 0.3) is 0 Å². The van der Waals surface area contributed by atoms with Crippen molar-refractivity contribution in [3.8, 4) is 0 Å². The fourth-order valence-electron chi connectivity index (χ4n) is 2.25. The van der Waals surface area contributed by atoms with Crippen LogP contribution in [0.15, 0.2) is 12.3 Å². The second-order valence-corrected chi connectivity index (χ2v) is 4.90. The van der Waals surface area contributed by atoms with Crippen LogP contribution >= 0.6 is 0 Å². The Bertz CT molecular complexity index is 447. The summed E-state index contributed by atoms with van der Waals surface area (Å²) in [6.07, 6.45) is -1.45. The van der Waals surface area contributed by atoms with E-state index in [4.69, 9.17) is 5.73 Å². The number of nitrogens with zero attached hydrogens (tertiary/aromatic N) is 2. The van der Waals surface area contributed by atoms with Gasteiger partial charge in [0, 0.05) is 12.6 Å². The second kappa shape index (κ2) is 5.24. The molecule has 0 radical (unpaired) electrons. The summed E-state index contributed by atoms with van der Waals surface area (Å²) >= 11 is 0. The highest BCUT2D eigenvalue weighted by Gasteiger charge is 2.33. The molecule has 7 heteroatoms. The Balaban J connectivity index is 2.15. The number of hydrogen-bond acceptors (Lipinski definition) is 4. The van der Waals surface area contributed by atoms with Crippen molar-refractivity contribution in [3.05, 3.63) is 18.0 Å². The third-order valence-corrected chi connectivity index (χ3v) is 3.21. The van der Waals surface area contributed by atoms with Crippen molar-refractivity contribution < 1.29 is 13.2 Å². The smallest absolute Gasteiger partial charge is 0.396 e. The number of hydrogen-bond donors (Lipinski definition) is 2. The second-order valence-electron chi connectivity index (χ2n) is 4.90. The fourth-order valence-corrected chi connectivity index (χ4v) is 2.25. The van der Waals surface area contributed by atoms with Crippen molar-refractivity contribution in [2.75, 3.05) is 31.2 Å². The van der Waals surface area contributed by atoms with Gasteiger partial charge in [0.2, 0.25) is 0 Å². The molecule has 1 atom stereocenters. The molecule has 0 bridgehead atoms. The summed E-state index contributed by atoms with van der Waals surface area (Å²) < 4.78 is 37.8. The largest absolute Gasteiger partial charge is 0.433 e. The van der Waals surface area contributed by atoms with Crippen LogP contribution in [0.2, 0.25) is 0 Å². The van der Waals surface area contributed by atoms with Crippen molar-refractivity contribution >= 4 is 11.4 Å². The number of nitrogen functional groups attached to an aromatic ring is 1. The minimum Gasteiger partial charge on any atom is -0.396 e. The topological polar surface area (TPSA) is 54.2 Å². The zero-order chi connectivity index (χ0) is 14.0. The number of likely N-dealkylation sites (tertiary alicyclic amines) is 1. The molecule has 1 aromatic heterocycles. The highest BCUT2D eigenvalue weighted by Crippen LogP contribution is 2.31. The summed E-state index contributed by atoms with van der Waals surface area (Å²) in [6, 6.07) is 1.09. The highest BCUT2D eigenvalue weighted by atomic mass is 19.4. The van der Waals surface area contributed by atoms with Crippen LogP contribution in [0.3, 0.4) is 0 Å². The van der Waals surface area contributed by atoms with Crippen LogP contribution in [0, 0.1) is 0 Å². The zero-order valence-corrected chi connectivity index (χ0v) is 10.7. The summed E-state index contributed by atoms with van der Waals surface area (Å²) in [6.45, 7) is 1.81. The first-order chi connectivity index (χ1) is 8.86. The molecule has 1 aromatic rings. The van der Waals surface area contributed by atoms with Crippen LogP contribution in [-0.2, 0) is 6.18 Å². The number of anilines is 2. The quantitative estimate of drug-likeness (QED) is 0.868. The maximum absolute atomic E-state index is 12.6. The van der Waals surface area contributed by atoms with Crippen LogP contribution in [-0.4, -0.2) is 36.1 Å². The predicted octanol–water partition coefficient (Wildman–Crippen LogP) is 2.19. The Morgan fingerprint density at radius 2 is 2.21 bits per heavy atom. The van der Waals surface area contributed by atoms with E-state index in [2.05, 4.69) is 15.2 Å². The number of nitrogens with two attached hydrogens (primary N) is 1. The molecule has 0 aromatic carbocycles. The molecular weight excluding hydrogens is 257 g/mol. The molecule has 0 aliphatic carbocycles. The third kappa shape index (κ3) is 3.50. The molecule has 2 rings (SSSR count). The third-order valence-electron chi connectivity index (χ3n) is 3.21. The summed E-state index contributed by atoms with van der Waals surface area (Å²) in [4.78, 5) is 5.46. The predicted molar refractivity (Wildman–Crippen MR) is 67.8 cm³/mol. The molecule has 106 valence electrons. The van der Waals surface area contributed by atoms with E-state index in [0.29, 0.717) is 5.69 Å². The number of aromatic nitrogens is 1. The SMILES string of the molecule is CN1CCCC(Nc2cc(C(F)(F)F)ncc2N)C1. The number of likely N-dealkylation sites (N-methyl/N-ethyl adjacent to an activating group) is 1. The van der Waals surface area contributed by atoms with Crippen molar-refractivity contribution in [2.45, 2.75) is 25.1 Å². The lowest BCUT2D eigenvalue weighted by Gasteiger charge is -2.31. The van der Waals surface area contributed by atoms with Gasteiger partial charge in [0.15, 0.2) is 0 Å². The average Bonchev–Trinajstić information content (AvgIpc) is 2.30. The molecule has 2 heterocycles. The van der Waals surface area contributed by atoms with Gasteiger partial charge in [0.1, 0.15) is 5.69 Å². The van der Waals surface area contributed by atoms with Gasteiger partial charge >= 0.3 is 6.18 Å². The molecule has 4 nitrogen and oxygen atoms in total. The standard InChI is InChI=1S/C12H17F3N4/c1-19-4-2-3-8(7-19)18-10-5-11(12(13,14)15)17-6-9(10)16/h5-6,8H,2-4,7,16H2,1H3,(H,17,18). The van der Waals surface area contributed by atoms with Crippen LogP contribution in [0.1, 0.15) is 18.5 Å². The monoisotopic (exact) mass is 274 g/mol. The maximum Gasteiger partial charge on any atom is 0.433 e. The van der Waals surface area contributed by atoms with Gasteiger partial charge in [-0.2, -0.15) is 13.2 Å². The summed E-state index contributed by atoms with van der Waals surface area (Å²) in [7, 11) is 1.99. The van der Waals surface area contributed by atoms with Crippen LogP contribution in [0.5, 0.6) is 0 Å². The van der Waals surface area contributed by atoms with Gasteiger partial charge in [-0.15, -0.1) is 0 Å². The molecule has 1 aliphatic rings. The molecule has 19 heavy (non-hydrogen) atoms. The molecule has 0 spiro atoms. The average molecular weight is 274 g/mol. The van der Waals surface area contributed by atoms with E-state index < -0.39 is 11.9 Å². The first-order valence-electron chi connectivity index (χ1n) is 6.14. The molecular formula is C12H17F3N4. The van der Waals surface area contributed by atoms with Gasteiger partial charge < -0.3 is 16.0 Å². The first kappa shape index (κ1) is 13.9. The van der Waals surface area contributed by atoms with Crippen LogP contribution in [0.25, 0.3) is 0 Å². The number of nitrogens with one attached hydrogen (secondary N) is 1. The van der Waals surface area contributed by atoms with E-state index in [1.54, 1.807) is 0 Å². The summed E-state index contributed by atoms with van der Waals surface area (Å²) in [5, 5.41) is 3.09. The molecule has 1 unspecified atom stereocenters. The molecule has 0 amide bonds. The Labute approximate surface area is 109 Å². The van der Waals surface area contributed by atoms with Gasteiger partial charge in [-0.05, 0) is 32.5 Å². The van der Waals surface area contributed by atoms with E-state index in [0.717, 1.165) is 38.2 Å². The summed E-state index contributed by atoms with van der Waals surface area (Å²) in [5.74, 6) is 0. The lowest BCUT2D eigenvalue weighted by molar-refractivity contribution is -0.141. The Kier molecular flexibility index (Phi) is 3.84. The zero-order valence-electron chi connectivity index (χ0n) is 10.7. The van der Waals surface area contributed by atoms with Crippen molar-refractivity contribution in [3.63, 3.8) is 0 Å². The van der Waals surface area contributed by atoms with Crippen molar-refractivity contribution in [2.24, 2.45) is 0 Å². The Morgan fingerprint density at radius 3 is 2.84 bits per heavy atom. The highest BCUT2D eigenvalue weighted by molar-refractivity contribution is 5.65. The van der Waals surface area contributed by atoms with Crippen LogP contribution in [0.4, 0.5) is 24.5 Å². The molecule has 1 fully saturated rings. The first-order valence-corrected chi connectivity index (χ1v) is 6.14. The van der Waals surface area contributed by atoms with Gasteiger partial charge in [0.05, 0.1) is 17.6 Å². The van der Waals surface area contributed by atoms with Gasteiger partial charge in [-0.25, -0.2) is 4.98 Å². The number of rotatable bonds is 2. The lowest BCUT2D eigenvalue weighted by Crippen LogP contribution is -2.39. The number of piperidine rings is 1. The minimum atomic E-state index is -4.45. The number of halogens is 3. The minimum absolute atomic E-state index is 0.115. The maximum atomic E-state index is 12.6. The fraction of sp³-hybridized carbons (Fsp3) is 0.583. The molecule has 3 N–H and O–H groups in total. The number of alkyl halides is 3. The van der Waals surface area contributed by atoms with Gasteiger partial charge in [-0.1, -0.05) is 0 Å². The van der Waals surface area contributed by atoms with Gasteiger partial charge in [-0.3, -0.25) is 0 Å². The van der Waals surface area contributed by atoms with E-state index >= 15 is 0 Å². The normalized spacial score (nSPS) is 21.4. The van der Waals surface area contributed by atoms with Crippen LogP contribution < -0.4 is 11.1 Å². The molecule has 1 aliphatic heterocycles. The van der Waals surface area contributed by atoms with E-state index in [-0.39, 0.29) is 11.7 Å². The Hall–Kier alpha value is -1.50. The number of pyridine rings is 1. The van der Waals surface area contributed by atoms with E-state index in [1.165, 1.54) is 0 Å².